The molecular formula is C34H60O5. The van der Waals surface area contributed by atoms with Gasteiger partial charge in [0.25, 0.3) is 0 Å². The highest BCUT2D eigenvalue weighted by atomic mass is 16.7. The SMILES string of the molecule is CCCCCCCCCOc1c(O)c(OC(=O)O)cc(CCCCCCCCC)c1CCCCCCCCC. The lowest BCUT2D eigenvalue weighted by Crippen LogP contribution is -2.08. The van der Waals surface area contributed by atoms with Crippen molar-refractivity contribution in [2.75, 3.05) is 6.61 Å². The van der Waals surface area contributed by atoms with Crippen LogP contribution in [0.2, 0.25) is 0 Å². The molecule has 39 heavy (non-hydrogen) atoms. The van der Waals surface area contributed by atoms with Crippen LogP contribution in [0.4, 0.5) is 4.79 Å². The van der Waals surface area contributed by atoms with Crippen LogP contribution in [-0.2, 0) is 12.8 Å². The predicted molar refractivity (Wildman–Crippen MR) is 164 cm³/mol. The van der Waals surface area contributed by atoms with Gasteiger partial charge >= 0.3 is 6.16 Å². The van der Waals surface area contributed by atoms with Crippen LogP contribution >= 0.6 is 0 Å². The molecule has 0 atom stereocenters. The van der Waals surface area contributed by atoms with Gasteiger partial charge in [-0.25, -0.2) is 4.79 Å². The lowest BCUT2D eigenvalue weighted by Gasteiger charge is -2.19. The van der Waals surface area contributed by atoms with Gasteiger partial charge in [-0.2, -0.15) is 0 Å². The van der Waals surface area contributed by atoms with E-state index < -0.39 is 6.16 Å². The van der Waals surface area contributed by atoms with Crippen molar-refractivity contribution in [2.24, 2.45) is 0 Å². The molecule has 0 fully saturated rings. The van der Waals surface area contributed by atoms with Crippen molar-refractivity contribution in [3.05, 3.63) is 17.2 Å². The molecule has 0 spiro atoms. The van der Waals surface area contributed by atoms with Gasteiger partial charge < -0.3 is 19.7 Å². The molecule has 0 aliphatic carbocycles. The summed E-state index contributed by atoms with van der Waals surface area (Å²) in [4.78, 5) is 11.4. The van der Waals surface area contributed by atoms with Crippen LogP contribution < -0.4 is 9.47 Å². The maximum absolute atomic E-state index is 11.4. The first-order chi connectivity index (χ1) is 19.0. The van der Waals surface area contributed by atoms with E-state index in [1.54, 1.807) is 6.07 Å². The number of hydrogen-bond donors (Lipinski definition) is 2. The van der Waals surface area contributed by atoms with Crippen LogP contribution in [-0.4, -0.2) is 23.0 Å². The van der Waals surface area contributed by atoms with E-state index in [9.17, 15) is 15.0 Å². The third kappa shape index (κ3) is 16.7. The number of phenolic OH excluding ortho intramolecular Hbond substituents is 1. The molecular weight excluding hydrogens is 488 g/mol. The van der Waals surface area contributed by atoms with Crippen molar-refractivity contribution in [3.63, 3.8) is 0 Å². The van der Waals surface area contributed by atoms with E-state index in [2.05, 4.69) is 20.8 Å². The summed E-state index contributed by atoms with van der Waals surface area (Å²) in [5.41, 5.74) is 2.12. The summed E-state index contributed by atoms with van der Waals surface area (Å²) in [6, 6.07) is 1.75. The van der Waals surface area contributed by atoms with E-state index in [0.717, 1.165) is 62.5 Å². The summed E-state index contributed by atoms with van der Waals surface area (Å²) < 4.78 is 11.2. The lowest BCUT2D eigenvalue weighted by molar-refractivity contribution is 0.142. The molecule has 5 heteroatoms. The van der Waals surface area contributed by atoms with Gasteiger partial charge in [0.15, 0.2) is 11.5 Å². The van der Waals surface area contributed by atoms with Crippen LogP contribution in [0.1, 0.15) is 167 Å². The first-order valence-corrected chi connectivity index (χ1v) is 16.5. The zero-order valence-corrected chi connectivity index (χ0v) is 25.7. The average Bonchev–Trinajstić information content (AvgIpc) is 2.91. The Morgan fingerprint density at radius 2 is 1.08 bits per heavy atom. The van der Waals surface area contributed by atoms with Crippen molar-refractivity contribution in [2.45, 2.75) is 168 Å². The molecule has 0 bridgehead atoms. The number of phenols is 1. The Bertz CT molecular complexity index is 746. The minimum absolute atomic E-state index is 0.00155. The number of ether oxygens (including phenoxy) is 2. The fourth-order valence-corrected chi connectivity index (χ4v) is 5.30. The number of benzene rings is 1. The Labute approximate surface area is 240 Å². The van der Waals surface area contributed by atoms with Crippen LogP contribution in [0.3, 0.4) is 0 Å². The molecule has 0 saturated carbocycles. The van der Waals surface area contributed by atoms with Crippen molar-refractivity contribution < 1.29 is 24.5 Å². The molecule has 0 saturated heterocycles. The number of carbonyl (C=O) groups is 1. The lowest BCUT2D eigenvalue weighted by atomic mass is 9.94. The molecule has 0 aliphatic rings. The van der Waals surface area contributed by atoms with Crippen LogP contribution in [0.25, 0.3) is 0 Å². The Balaban J connectivity index is 2.92. The zero-order chi connectivity index (χ0) is 28.6. The molecule has 0 aromatic heterocycles. The van der Waals surface area contributed by atoms with Crippen molar-refractivity contribution in [3.8, 4) is 17.2 Å². The number of carboxylic acid groups (broad SMARTS) is 1. The molecule has 0 unspecified atom stereocenters. The standard InChI is InChI=1S/C34H60O5/c1-4-7-10-13-16-19-22-25-29-28-31(39-34(36)37)32(35)33(38-27-24-21-18-15-12-9-6-3)30(29)26-23-20-17-14-11-8-5-2/h28,35H,4-27H2,1-3H3,(H,36,37). The number of rotatable bonds is 26. The zero-order valence-electron chi connectivity index (χ0n) is 25.7. The molecule has 0 amide bonds. The summed E-state index contributed by atoms with van der Waals surface area (Å²) in [6.45, 7) is 7.24. The van der Waals surface area contributed by atoms with Gasteiger partial charge in [-0.1, -0.05) is 136 Å². The number of aryl methyl sites for hydroxylation is 1. The largest absolute Gasteiger partial charge is 0.511 e. The van der Waals surface area contributed by atoms with Gasteiger partial charge in [-0.05, 0) is 43.7 Å². The molecule has 0 aliphatic heterocycles. The first-order valence-electron chi connectivity index (χ1n) is 16.5. The molecule has 1 rings (SSSR count). The van der Waals surface area contributed by atoms with Crippen LogP contribution in [0.15, 0.2) is 6.07 Å². The van der Waals surface area contributed by atoms with E-state index in [4.69, 9.17) is 9.47 Å². The number of hydrogen-bond acceptors (Lipinski definition) is 4. The van der Waals surface area contributed by atoms with Crippen LogP contribution in [0, 0.1) is 0 Å². The highest BCUT2D eigenvalue weighted by Crippen LogP contribution is 2.43. The molecule has 5 nitrogen and oxygen atoms in total. The van der Waals surface area contributed by atoms with Gasteiger partial charge in [-0.15, -0.1) is 0 Å². The summed E-state index contributed by atoms with van der Waals surface area (Å²) >= 11 is 0. The van der Waals surface area contributed by atoms with E-state index in [-0.39, 0.29) is 11.5 Å². The number of aromatic hydroxyl groups is 1. The smallest absolute Gasteiger partial charge is 0.502 e. The molecule has 0 heterocycles. The summed E-state index contributed by atoms with van der Waals surface area (Å²) in [5.74, 6) is 0.281. The number of unbranched alkanes of at least 4 members (excludes halogenated alkanes) is 18. The first kappa shape index (κ1) is 35.1. The van der Waals surface area contributed by atoms with Gasteiger partial charge in [0.1, 0.15) is 0 Å². The Morgan fingerprint density at radius 1 is 0.641 bits per heavy atom. The van der Waals surface area contributed by atoms with Gasteiger partial charge in [-0.3, -0.25) is 0 Å². The third-order valence-electron chi connectivity index (χ3n) is 7.69. The second-order valence-electron chi connectivity index (χ2n) is 11.3. The average molecular weight is 549 g/mol. The maximum atomic E-state index is 11.4. The topological polar surface area (TPSA) is 76.0 Å². The normalized spacial score (nSPS) is 11.2. The van der Waals surface area contributed by atoms with Crippen molar-refractivity contribution >= 4 is 6.16 Å². The highest BCUT2D eigenvalue weighted by Gasteiger charge is 2.21. The summed E-state index contributed by atoms with van der Waals surface area (Å²) in [7, 11) is 0. The monoisotopic (exact) mass is 548 g/mol. The highest BCUT2D eigenvalue weighted by molar-refractivity contribution is 5.67. The van der Waals surface area contributed by atoms with Crippen LogP contribution in [0.5, 0.6) is 17.2 Å². The quantitative estimate of drug-likeness (QED) is 0.0684. The van der Waals surface area contributed by atoms with E-state index in [1.807, 2.05) is 0 Å². The molecule has 1 aromatic carbocycles. The van der Waals surface area contributed by atoms with Crippen molar-refractivity contribution in [1.29, 1.82) is 0 Å². The third-order valence-corrected chi connectivity index (χ3v) is 7.69. The second kappa shape index (κ2) is 23.9. The predicted octanol–water partition coefficient (Wildman–Crippen LogP) is 11.2. The Kier molecular flexibility index (Phi) is 21.6. The van der Waals surface area contributed by atoms with E-state index >= 15 is 0 Å². The molecule has 0 radical (unpaired) electrons. The van der Waals surface area contributed by atoms with Gasteiger partial charge in [0, 0.05) is 5.56 Å². The van der Waals surface area contributed by atoms with Crippen molar-refractivity contribution in [1.82, 2.24) is 0 Å². The van der Waals surface area contributed by atoms with Gasteiger partial charge in [0.05, 0.1) is 6.61 Å². The fourth-order valence-electron chi connectivity index (χ4n) is 5.30. The Morgan fingerprint density at radius 3 is 1.56 bits per heavy atom. The molecule has 2 N–H and O–H groups in total. The summed E-state index contributed by atoms with van der Waals surface area (Å²) in [5, 5.41) is 20.3. The Hall–Kier alpha value is -1.91. The molecule has 226 valence electrons. The van der Waals surface area contributed by atoms with E-state index in [0.29, 0.717) is 12.4 Å². The second-order valence-corrected chi connectivity index (χ2v) is 11.3. The maximum Gasteiger partial charge on any atom is 0.511 e. The minimum Gasteiger partial charge on any atom is -0.502 e. The molecule has 1 aromatic rings. The fraction of sp³-hybridized carbons (Fsp3) is 0.794. The van der Waals surface area contributed by atoms with Gasteiger partial charge in [0.2, 0.25) is 5.75 Å². The minimum atomic E-state index is -1.41. The summed E-state index contributed by atoms with van der Waals surface area (Å²) in [6.07, 6.45) is 25.7. The van der Waals surface area contributed by atoms with E-state index in [1.165, 1.54) is 96.3 Å².